The Kier molecular flexibility index (Phi) is 4.79. The second kappa shape index (κ2) is 7.37. The van der Waals surface area contributed by atoms with E-state index in [1.54, 1.807) is 0 Å². The molecule has 7 heteroatoms. The van der Waals surface area contributed by atoms with E-state index in [1.807, 2.05) is 59.5 Å². The summed E-state index contributed by atoms with van der Waals surface area (Å²) in [5.41, 5.74) is 2.00. The lowest BCUT2D eigenvalue weighted by Crippen LogP contribution is -2.35. The first kappa shape index (κ1) is 16.9. The maximum absolute atomic E-state index is 12.8. The Hall–Kier alpha value is -2.54. The number of rotatable bonds is 6. The standard InChI is InChI=1S/C19H18BrN5O/c20-16-8-4-5-14(11-16)12-24(17-9-10-17)18(26)13-25-22-19(21-23-25)15-6-2-1-3-7-15/h1-8,11,17H,9-10,12-13H2. The van der Waals surface area contributed by atoms with Crippen LogP contribution in [0.3, 0.4) is 0 Å². The molecule has 0 N–H and O–H groups in total. The fraction of sp³-hybridized carbons (Fsp3) is 0.263. The van der Waals surface area contributed by atoms with E-state index >= 15 is 0 Å². The van der Waals surface area contributed by atoms with Crippen molar-refractivity contribution in [2.75, 3.05) is 0 Å². The van der Waals surface area contributed by atoms with Crippen LogP contribution in [0.5, 0.6) is 0 Å². The number of aromatic nitrogens is 4. The molecule has 0 radical (unpaired) electrons. The third kappa shape index (κ3) is 3.99. The minimum absolute atomic E-state index is 0.0180. The topological polar surface area (TPSA) is 63.9 Å². The van der Waals surface area contributed by atoms with E-state index in [1.165, 1.54) is 4.80 Å². The first-order chi connectivity index (χ1) is 12.7. The molecule has 0 unspecified atom stereocenters. The van der Waals surface area contributed by atoms with Crippen LogP contribution >= 0.6 is 15.9 Å². The zero-order valence-electron chi connectivity index (χ0n) is 14.1. The van der Waals surface area contributed by atoms with Crippen LogP contribution in [-0.2, 0) is 17.9 Å². The molecule has 1 amide bonds. The number of hydrogen-bond acceptors (Lipinski definition) is 4. The van der Waals surface area contributed by atoms with Gasteiger partial charge in [0.05, 0.1) is 0 Å². The smallest absolute Gasteiger partial charge is 0.246 e. The van der Waals surface area contributed by atoms with E-state index in [-0.39, 0.29) is 12.5 Å². The summed E-state index contributed by atoms with van der Waals surface area (Å²) in [5, 5.41) is 12.4. The minimum Gasteiger partial charge on any atom is -0.334 e. The second-order valence-corrected chi connectivity index (χ2v) is 7.31. The molecule has 1 aromatic heterocycles. The van der Waals surface area contributed by atoms with Gasteiger partial charge in [-0.25, -0.2) is 0 Å². The molecule has 0 atom stereocenters. The van der Waals surface area contributed by atoms with E-state index in [2.05, 4.69) is 31.3 Å². The van der Waals surface area contributed by atoms with Gasteiger partial charge in [-0.3, -0.25) is 4.79 Å². The molecular weight excluding hydrogens is 394 g/mol. The van der Waals surface area contributed by atoms with E-state index in [0.717, 1.165) is 28.4 Å². The molecular formula is C19H18BrN5O. The van der Waals surface area contributed by atoms with Crippen molar-refractivity contribution in [2.24, 2.45) is 0 Å². The second-order valence-electron chi connectivity index (χ2n) is 6.39. The fourth-order valence-corrected chi connectivity index (χ4v) is 3.31. The lowest BCUT2D eigenvalue weighted by Gasteiger charge is -2.22. The summed E-state index contributed by atoms with van der Waals surface area (Å²) >= 11 is 3.48. The highest BCUT2D eigenvalue weighted by atomic mass is 79.9. The zero-order chi connectivity index (χ0) is 17.9. The molecule has 3 aromatic rings. The fourth-order valence-electron chi connectivity index (χ4n) is 2.86. The van der Waals surface area contributed by atoms with Gasteiger partial charge in [-0.1, -0.05) is 58.4 Å². The number of tetrazole rings is 1. The number of carbonyl (C=O) groups excluding carboxylic acids is 1. The Morgan fingerprint density at radius 3 is 2.69 bits per heavy atom. The normalized spacial score (nSPS) is 13.6. The summed E-state index contributed by atoms with van der Waals surface area (Å²) in [6, 6.07) is 18.0. The molecule has 0 saturated heterocycles. The molecule has 132 valence electrons. The largest absolute Gasteiger partial charge is 0.334 e. The average Bonchev–Trinajstić information content (AvgIpc) is 3.39. The number of benzene rings is 2. The van der Waals surface area contributed by atoms with Crippen LogP contribution in [-0.4, -0.2) is 37.1 Å². The SMILES string of the molecule is O=C(Cn1nnc(-c2ccccc2)n1)N(Cc1cccc(Br)c1)C1CC1. The van der Waals surface area contributed by atoms with Gasteiger partial charge in [-0.15, -0.1) is 10.2 Å². The highest BCUT2D eigenvalue weighted by molar-refractivity contribution is 9.10. The molecule has 4 rings (SSSR count). The molecule has 1 fully saturated rings. The lowest BCUT2D eigenvalue weighted by atomic mass is 10.2. The molecule has 1 aliphatic rings. The third-order valence-electron chi connectivity index (χ3n) is 4.31. The summed E-state index contributed by atoms with van der Waals surface area (Å²) < 4.78 is 1.02. The number of halogens is 1. The maximum atomic E-state index is 12.8. The number of amides is 1. The van der Waals surface area contributed by atoms with E-state index in [9.17, 15) is 4.79 Å². The van der Waals surface area contributed by atoms with E-state index < -0.39 is 0 Å². The van der Waals surface area contributed by atoms with Gasteiger partial charge in [-0.05, 0) is 35.8 Å². The van der Waals surface area contributed by atoms with Crippen LogP contribution in [0.4, 0.5) is 0 Å². The molecule has 2 aromatic carbocycles. The minimum atomic E-state index is 0.0180. The van der Waals surface area contributed by atoms with Gasteiger partial charge < -0.3 is 4.90 Å². The van der Waals surface area contributed by atoms with Gasteiger partial charge in [0, 0.05) is 22.6 Å². The van der Waals surface area contributed by atoms with E-state index in [4.69, 9.17) is 0 Å². The van der Waals surface area contributed by atoms with Crippen LogP contribution in [0.25, 0.3) is 11.4 Å². The average molecular weight is 412 g/mol. The molecule has 0 aliphatic heterocycles. The number of carbonyl (C=O) groups is 1. The highest BCUT2D eigenvalue weighted by Gasteiger charge is 2.32. The van der Waals surface area contributed by atoms with Gasteiger partial charge in [0.2, 0.25) is 11.7 Å². The summed E-state index contributed by atoms with van der Waals surface area (Å²) in [6.07, 6.45) is 2.11. The molecule has 6 nitrogen and oxygen atoms in total. The summed E-state index contributed by atoms with van der Waals surface area (Å²) in [7, 11) is 0. The summed E-state index contributed by atoms with van der Waals surface area (Å²) in [4.78, 5) is 16.1. The van der Waals surface area contributed by atoms with Crippen molar-refractivity contribution in [3.63, 3.8) is 0 Å². The predicted molar refractivity (Wildman–Crippen MR) is 101 cm³/mol. The monoisotopic (exact) mass is 411 g/mol. The van der Waals surface area contributed by atoms with Gasteiger partial charge in [-0.2, -0.15) is 4.80 Å². The van der Waals surface area contributed by atoms with Crippen molar-refractivity contribution in [2.45, 2.75) is 32.0 Å². The van der Waals surface area contributed by atoms with Crippen molar-refractivity contribution in [3.05, 3.63) is 64.6 Å². The van der Waals surface area contributed by atoms with Gasteiger partial charge in [0.1, 0.15) is 6.54 Å². The Balaban J connectivity index is 1.46. The lowest BCUT2D eigenvalue weighted by molar-refractivity contribution is -0.133. The number of hydrogen-bond donors (Lipinski definition) is 0. The predicted octanol–water partition coefficient (Wildman–Crippen LogP) is 3.29. The Labute approximate surface area is 160 Å². The first-order valence-electron chi connectivity index (χ1n) is 8.56. The Bertz CT molecular complexity index is 907. The van der Waals surface area contributed by atoms with Crippen molar-refractivity contribution >= 4 is 21.8 Å². The first-order valence-corrected chi connectivity index (χ1v) is 9.35. The quantitative estimate of drug-likeness (QED) is 0.624. The molecule has 0 spiro atoms. The van der Waals surface area contributed by atoms with Crippen LogP contribution in [0.1, 0.15) is 18.4 Å². The Morgan fingerprint density at radius 2 is 1.96 bits per heavy atom. The van der Waals surface area contributed by atoms with Crippen molar-refractivity contribution in [3.8, 4) is 11.4 Å². The molecule has 0 bridgehead atoms. The Morgan fingerprint density at radius 1 is 1.15 bits per heavy atom. The summed E-state index contributed by atoms with van der Waals surface area (Å²) in [6.45, 7) is 0.702. The van der Waals surface area contributed by atoms with Crippen molar-refractivity contribution in [1.29, 1.82) is 0 Å². The molecule has 1 heterocycles. The summed E-state index contributed by atoms with van der Waals surface area (Å²) in [5.74, 6) is 0.549. The zero-order valence-corrected chi connectivity index (χ0v) is 15.7. The van der Waals surface area contributed by atoms with Crippen LogP contribution in [0.15, 0.2) is 59.1 Å². The van der Waals surface area contributed by atoms with Crippen LogP contribution < -0.4 is 0 Å². The third-order valence-corrected chi connectivity index (χ3v) is 4.80. The van der Waals surface area contributed by atoms with Crippen LogP contribution in [0, 0.1) is 0 Å². The van der Waals surface area contributed by atoms with Crippen LogP contribution in [0.2, 0.25) is 0 Å². The van der Waals surface area contributed by atoms with Crippen molar-refractivity contribution in [1.82, 2.24) is 25.1 Å². The number of nitrogens with zero attached hydrogens (tertiary/aromatic N) is 5. The van der Waals surface area contributed by atoms with Gasteiger partial charge in [0.25, 0.3) is 0 Å². The van der Waals surface area contributed by atoms with Gasteiger partial charge >= 0.3 is 0 Å². The highest BCUT2D eigenvalue weighted by Crippen LogP contribution is 2.29. The molecule has 1 aliphatic carbocycles. The van der Waals surface area contributed by atoms with Gasteiger partial charge in [0.15, 0.2) is 0 Å². The molecule has 1 saturated carbocycles. The molecule has 26 heavy (non-hydrogen) atoms. The van der Waals surface area contributed by atoms with Crippen molar-refractivity contribution < 1.29 is 4.79 Å². The maximum Gasteiger partial charge on any atom is 0.246 e. The van der Waals surface area contributed by atoms with E-state index in [0.29, 0.717) is 18.4 Å².